The molecule has 0 atom stereocenters. The van der Waals surface area contributed by atoms with Gasteiger partial charge in [-0.25, -0.2) is 4.98 Å². The average Bonchev–Trinajstić information content (AvgIpc) is 3.80. The van der Waals surface area contributed by atoms with E-state index in [1.807, 2.05) is 42.5 Å². The fraction of sp³-hybridized carbons (Fsp3) is 0.104. The van der Waals surface area contributed by atoms with Crippen molar-refractivity contribution >= 4 is 54.6 Å². The number of benzene rings is 6. The maximum absolute atomic E-state index is 7.23. The van der Waals surface area contributed by atoms with Crippen LogP contribution in [0.3, 0.4) is 0 Å². The van der Waals surface area contributed by atoms with Gasteiger partial charge in [0.05, 0.1) is 16.9 Å². The molecule has 0 fully saturated rings. The third kappa shape index (κ3) is 6.28. The minimum atomic E-state index is -2.09. The van der Waals surface area contributed by atoms with Crippen LogP contribution in [0.5, 0.6) is 0 Å². The molecule has 265 valence electrons. The number of pyridine rings is 2. The Balaban J connectivity index is 0.000000226. The van der Waals surface area contributed by atoms with Gasteiger partial charge in [-0.3, -0.25) is 4.98 Å². The van der Waals surface area contributed by atoms with Gasteiger partial charge >= 0.3 is 0 Å². The number of hydrogen-bond donors (Lipinski definition) is 0. The quantitative estimate of drug-likeness (QED) is 0.131. The Morgan fingerprint density at radius 2 is 1.44 bits per heavy atom. The second-order valence-electron chi connectivity index (χ2n) is 14.1. The summed E-state index contributed by atoms with van der Waals surface area (Å²) in [6.45, 7) is 4.43. The van der Waals surface area contributed by atoms with E-state index in [1.165, 1.54) is 17.0 Å². The number of fused-ring (bicyclic) bond motifs is 8. The van der Waals surface area contributed by atoms with E-state index in [-0.39, 0.29) is 31.1 Å². The Hall–Kier alpha value is -5.94. The molecule has 0 spiro atoms. The third-order valence-corrected chi connectivity index (χ3v) is 9.58. The first-order valence-electron chi connectivity index (χ1n) is 19.1. The van der Waals surface area contributed by atoms with Gasteiger partial charge in [-0.1, -0.05) is 111 Å². The standard InChI is InChI=1S/C36H26N3O.C12H10N.Ir/c1-36(2,3)30-21-20-29-34(37-30)38-35(39(29)24-11-5-4-6-12-24)28-15-9-14-26-27-19-18-23-17-16-22-10-7-8-13-25(22)31(23)33(27)40-32(26)28;1-10-7-8-12(13-9-10)11-5-3-2-4-6-11;/h4-14,16-21H,1-3H3;2-5,7-9H,1H3;/q2*-1;/i;1D3;. The van der Waals surface area contributed by atoms with Gasteiger partial charge in [0.2, 0.25) is 0 Å². The molecule has 0 saturated carbocycles. The van der Waals surface area contributed by atoms with Crippen LogP contribution in [0.1, 0.15) is 36.1 Å². The zero-order chi connectivity index (χ0) is 38.6. The van der Waals surface area contributed by atoms with Crippen LogP contribution in [0.15, 0.2) is 150 Å². The van der Waals surface area contributed by atoms with Crippen LogP contribution in [-0.4, -0.2) is 19.5 Å². The molecule has 0 N–H and O–H groups in total. The van der Waals surface area contributed by atoms with Crippen LogP contribution in [0, 0.1) is 19.0 Å². The van der Waals surface area contributed by atoms with Crippen molar-refractivity contribution in [1.82, 2.24) is 19.5 Å². The van der Waals surface area contributed by atoms with E-state index in [1.54, 1.807) is 18.2 Å². The van der Waals surface area contributed by atoms with E-state index in [2.05, 4.69) is 121 Å². The Morgan fingerprint density at radius 3 is 2.22 bits per heavy atom. The van der Waals surface area contributed by atoms with E-state index >= 15 is 0 Å². The molecule has 10 aromatic rings. The summed E-state index contributed by atoms with van der Waals surface area (Å²) in [6, 6.07) is 53.1. The summed E-state index contributed by atoms with van der Waals surface area (Å²) < 4.78 is 30.7. The number of hydrogen-bond acceptors (Lipinski definition) is 4. The van der Waals surface area contributed by atoms with Crippen molar-refractivity contribution in [2.75, 3.05) is 0 Å². The summed E-state index contributed by atoms with van der Waals surface area (Å²) in [6.07, 6.45) is 1.39. The van der Waals surface area contributed by atoms with Gasteiger partial charge in [-0.15, -0.1) is 54.1 Å². The van der Waals surface area contributed by atoms with Crippen LogP contribution in [0.4, 0.5) is 0 Å². The van der Waals surface area contributed by atoms with Crippen molar-refractivity contribution in [2.45, 2.75) is 33.0 Å². The van der Waals surface area contributed by atoms with E-state index in [4.69, 9.17) is 18.5 Å². The number of furan rings is 1. The molecule has 0 bridgehead atoms. The molecular weight excluding hydrogens is 841 g/mol. The number of aryl methyl sites for hydroxylation is 1. The topological polar surface area (TPSA) is 56.7 Å². The van der Waals surface area contributed by atoms with Crippen molar-refractivity contribution in [3.05, 3.63) is 169 Å². The molecule has 0 aliphatic heterocycles. The summed E-state index contributed by atoms with van der Waals surface area (Å²) in [7, 11) is 0. The van der Waals surface area contributed by atoms with Gasteiger partial charge in [0.15, 0.2) is 5.65 Å². The van der Waals surface area contributed by atoms with Crippen LogP contribution < -0.4 is 0 Å². The molecule has 0 unspecified atom stereocenters. The first kappa shape index (κ1) is 31.6. The number of nitrogens with zero attached hydrogens (tertiary/aromatic N) is 4. The molecule has 6 aromatic carbocycles. The maximum atomic E-state index is 7.23. The normalized spacial score (nSPS) is 12.6. The largest absolute Gasteiger partial charge is 0.500 e. The Bertz CT molecular complexity index is 3040. The number of rotatable bonds is 3. The molecule has 4 heterocycles. The van der Waals surface area contributed by atoms with Crippen LogP contribution >= 0.6 is 0 Å². The predicted octanol–water partition coefficient (Wildman–Crippen LogP) is 12.2. The summed E-state index contributed by atoms with van der Waals surface area (Å²) >= 11 is 0. The molecule has 5 nitrogen and oxygen atoms in total. The van der Waals surface area contributed by atoms with E-state index in [0.29, 0.717) is 5.65 Å². The van der Waals surface area contributed by atoms with E-state index < -0.39 is 6.85 Å². The molecule has 10 rings (SSSR count). The van der Waals surface area contributed by atoms with Gasteiger partial charge < -0.3 is 14.0 Å². The molecule has 1 radical (unpaired) electrons. The summed E-state index contributed by atoms with van der Waals surface area (Å²) in [5.41, 5.74) is 7.94. The number of imidazole rings is 1. The monoisotopic (exact) mass is 880 g/mol. The number of para-hydroxylation sites is 1. The van der Waals surface area contributed by atoms with Gasteiger partial charge in [-0.05, 0) is 58.5 Å². The van der Waals surface area contributed by atoms with Crippen molar-refractivity contribution in [3.63, 3.8) is 0 Å². The summed E-state index contributed by atoms with van der Waals surface area (Å²) in [5, 5.41) is 6.81. The molecule has 0 aliphatic carbocycles. The maximum Gasteiger partial charge on any atom is 0.168 e. The second kappa shape index (κ2) is 14.1. The van der Waals surface area contributed by atoms with Crippen molar-refractivity contribution in [2.24, 2.45) is 0 Å². The zero-order valence-electron chi connectivity index (χ0n) is 32.9. The van der Waals surface area contributed by atoms with Crippen LogP contribution in [0.2, 0.25) is 0 Å². The molecule has 4 aromatic heterocycles. The Morgan fingerprint density at radius 1 is 0.667 bits per heavy atom. The van der Waals surface area contributed by atoms with Crippen molar-refractivity contribution in [3.8, 4) is 28.3 Å². The smallest absolute Gasteiger partial charge is 0.168 e. The van der Waals surface area contributed by atoms with Gasteiger partial charge in [-0.2, -0.15) is 0 Å². The fourth-order valence-electron chi connectivity index (χ4n) is 6.94. The van der Waals surface area contributed by atoms with E-state index in [9.17, 15) is 0 Å². The predicted molar refractivity (Wildman–Crippen MR) is 217 cm³/mol. The third-order valence-electron chi connectivity index (χ3n) is 9.58. The summed E-state index contributed by atoms with van der Waals surface area (Å²) in [5.74, 6) is 0.763. The minimum Gasteiger partial charge on any atom is -0.500 e. The second-order valence-corrected chi connectivity index (χ2v) is 14.1. The van der Waals surface area contributed by atoms with Gasteiger partial charge in [0.25, 0.3) is 0 Å². The molecule has 0 amide bonds. The molecule has 6 heteroatoms. The van der Waals surface area contributed by atoms with Crippen LogP contribution in [-0.2, 0) is 25.5 Å². The Kier molecular flexibility index (Phi) is 8.26. The molecule has 0 saturated heterocycles. The number of aromatic nitrogens is 4. The molecular formula is C48H36IrN4O-2. The van der Waals surface area contributed by atoms with E-state index in [0.717, 1.165) is 72.3 Å². The molecule has 0 aliphatic rings. The van der Waals surface area contributed by atoms with Crippen molar-refractivity contribution < 1.29 is 28.6 Å². The first-order valence-corrected chi connectivity index (χ1v) is 17.6. The van der Waals surface area contributed by atoms with Crippen molar-refractivity contribution in [1.29, 1.82) is 0 Å². The van der Waals surface area contributed by atoms with Crippen LogP contribution in [0.25, 0.3) is 83.0 Å². The average molecular weight is 880 g/mol. The summed E-state index contributed by atoms with van der Waals surface area (Å²) in [4.78, 5) is 14.3. The minimum absolute atomic E-state index is 0. The van der Waals surface area contributed by atoms with Gasteiger partial charge in [0, 0.05) is 58.0 Å². The Labute approximate surface area is 331 Å². The zero-order valence-corrected chi connectivity index (χ0v) is 32.3. The SMILES string of the molecule is CC(C)(C)c1ccc2c(n1)nc(-c1[c-]ccc3c1oc1c3ccc3ccc4ccccc4c31)n2-c1ccccc1.[2H]C([2H])([2H])c1ccc(-c2[c-]cccc2)nc1.[Ir]. The first-order chi connectivity index (χ1) is 27.0. The molecule has 54 heavy (non-hydrogen) atoms. The fourth-order valence-corrected chi connectivity index (χ4v) is 6.94. The van der Waals surface area contributed by atoms with Gasteiger partial charge in [0.1, 0.15) is 5.58 Å².